The van der Waals surface area contributed by atoms with E-state index < -0.39 is 0 Å². The highest BCUT2D eigenvalue weighted by Crippen LogP contribution is 2.27. The third kappa shape index (κ3) is 5.90. The zero-order valence-electron chi connectivity index (χ0n) is 15.3. The van der Waals surface area contributed by atoms with Gasteiger partial charge in [0.05, 0.1) is 0 Å². The van der Waals surface area contributed by atoms with Crippen molar-refractivity contribution in [3.8, 4) is 0 Å². The summed E-state index contributed by atoms with van der Waals surface area (Å²) in [6.45, 7) is 3.87. The second kappa shape index (κ2) is 9.16. The van der Waals surface area contributed by atoms with E-state index in [1.165, 1.54) is 30.5 Å². The SMILES string of the molecule is CC(=O)N(C)C1CCC(CN(C)CCCc2ccc(F)cc2)CC1. The maximum Gasteiger partial charge on any atom is 0.219 e. The standard InChI is InChI=1S/C20H31FN2O/c1-16(24)23(3)20-12-8-18(9-13-20)15-22(2)14-4-5-17-6-10-19(21)11-7-17/h6-7,10-11,18,20H,4-5,8-9,12-15H2,1-3H3. The molecular formula is C20H31FN2O. The van der Waals surface area contributed by atoms with Crippen molar-refractivity contribution < 1.29 is 9.18 Å². The van der Waals surface area contributed by atoms with E-state index in [0.29, 0.717) is 6.04 Å². The number of carbonyl (C=O) groups excluding carboxylic acids is 1. The Kier molecular flexibility index (Phi) is 7.22. The molecule has 1 saturated carbocycles. The van der Waals surface area contributed by atoms with Gasteiger partial charge in [0.25, 0.3) is 0 Å². The fourth-order valence-corrected chi connectivity index (χ4v) is 3.71. The second-order valence-corrected chi connectivity index (χ2v) is 7.30. The summed E-state index contributed by atoms with van der Waals surface area (Å²) < 4.78 is 12.9. The Morgan fingerprint density at radius 1 is 1.12 bits per heavy atom. The summed E-state index contributed by atoms with van der Waals surface area (Å²) in [4.78, 5) is 15.8. The van der Waals surface area contributed by atoms with Crippen LogP contribution in [0.25, 0.3) is 0 Å². The topological polar surface area (TPSA) is 23.6 Å². The molecule has 134 valence electrons. The van der Waals surface area contributed by atoms with Crippen LogP contribution in [0.1, 0.15) is 44.6 Å². The van der Waals surface area contributed by atoms with Crippen LogP contribution in [0.5, 0.6) is 0 Å². The lowest BCUT2D eigenvalue weighted by atomic mass is 9.85. The maximum atomic E-state index is 12.9. The van der Waals surface area contributed by atoms with Gasteiger partial charge in [-0.1, -0.05) is 12.1 Å². The third-order valence-electron chi connectivity index (χ3n) is 5.35. The average Bonchev–Trinajstić information content (AvgIpc) is 2.56. The summed E-state index contributed by atoms with van der Waals surface area (Å²) in [5, 5.41) is 0. The van der Waals surface area contributed by atoms with Gasteiger partial charge in [-0.15, -0.1) is 0 Å². The minimum Gasteiger partial charge on any atom is -0.343 e. The van der Waals surface area contributed by atoms with Crippen LogP contribution in [0.2, 0.25) is 0 Å². The minimum absolute atomic E-state index is 0.165. The van der Waals surface area contributed by atoms with Crippen LogP contribution in [-0.2, 0) is 11.2 Å². The van der Waals surface area contributed by atoms with Crippen LogP contribution >= 0.6 is 0 Å². The van der Waals surface area contributed by atoms with Crippen LogP contribution < -0.4 is 0 Å². The fraction of sp³-hybridized carbons (Fsp3) is 0.650. The molecule has 0 radical (unpaired) electrons. The van der Waals surface area contributed by atoms with Crippen molar-refractivity contribution in [1.82, 2.24) is 9.80 Å². The molecule has 24 heavy (non-hydrogen) atoms. The molecule has 0 saturated heterocycles. The summed E-state index contributed by atoms with van der Waals surface area (Å²) >= 11 is 0. The maximum absolute atomic E-state index is 12.9. The van der Waals surface area contributed by atoms with Crippen molar-refractivity contribution in [2.45, 2.75) is 51.5 Å². The Balaban J connectivity index is 1.63. The molecule has 2 rings (SSSR count). The summed E-state index contributed by atoms with van der Waals surface area (Å²) in [7, 11) is 4.12. The van der Waals surface area contributed by atoms with E-state index >= 15 is 0 Å². The zero-order chi connectivity index (χ0) is 17.5. The number of halogens is 1. The lowest BCUT2D eigenvalue weighted by molar-refractivity contribution is -0.130. The first kappa shape index (κ1) is 18.9. The van der Waals surface area contributed by atoms with Gasteiger partial charge in [-0.25, -0.2) is 4.39 Å². The number of rotatable bonds is 7. The van der Waals surface area contributed by atoms with E-state index in [0.717, 1.165) is 44.7 Å². The molecule has 3 nitrogen and oxygen atoms in total. The van der Waals surface area contributed by atoms with Gasteiger partial charge >= 0.3 is 0 Å². The first-order valence-corrected chi connectivity index (χ1v) is 9.12. The van der Waals surface area contributed by atoms with Crippen LogP contribution in [0, 0.1) is 11.7 Å². The molecule has 1 amide bonds. The smallest absolute Gasteiger partial charge is 0.219 e. The van der Waals surface area contributed by atoms with Gasteiger partial charge < -0.3 is 9.80 Å². The average molecular weight is 334 g/mol. The fourth-order valence-electron chi connectivity index (χ4n) is 3.71. The number of nitrogens with zero attached hydrogens (tertiary/aromatic N) is 2. The van der Waals surface area contributed by atoms with E-state index in [-0.39, 0.29) is 11.7 Å². The molecule has 1 fully saturated rings. The lowest BCUT2D eigenvalue weighted by Gasteiger charge is -2.35. The van der Waals surface area contributed by atoms with Gasteiger partial charge in [-0.2, -0.15) is 0 Å². The van der Waals surface area contributed by atoms with Gasteiger partial charge in [0, 0.05) is 26.6 Å². The molecule has 0 spiro atoms. The molecule has 4 heteroatoms. The van der Waals surface area contributed by atoms with Gasteiger partial charge in [0.2, 0.25) is 5.91 Å². The molecule has 1 aromatic carbocycles. The molecule has 0 unspecified atom stereocenters. The molecule has 0 N–H and O–H groups in total. The molecule has 0 heterocycles. The number of hydrogen-bond acceptors (Lipinski definition) is 2. The Morgan fingerprint density at radius 3 is 2.33 bits per heavy atom. The Labute approximate surface area is 145 Å². The lowest BCUT2D eigenvalue weighted by Crippen LogP contribution is -2.39. The highest BCUT2D eigenvalue weighted by atomic mass is 19.1. The molecule has 1 aliphatic carbocycles. The quantitative estimate of drug-likeness (QED) is 0.758. The van der Waals surface area contributed by atoms with E-state index in [9.17, 15) is 9.18 Å². The van der Waals surface area contributed by atoms with E-state index in [1.54, 1.807) is 6.92 Å². The van der Waals surface area contributed by atoms with Crippen LogP contribution in [0.15, 0.2) is 24.3 Å². The number of benzene rings is 1. The predicted molar refractivity (Wildman–Crippen MR) is 96.4 cm³/mol. The molecule has 0 bridgehead atoms. The molecule has 1 aliphatic rings. The summed E-state index contributed by atoms with van der Waals surface area (Å²) in [6.07, 6.45) is 6.79. The number of hydrogen-bond donors (Lipinski definition) is 0. The van der Waals surface area contributed by atoms with Crippen molar-refractivity contribution in [2.75, 3.05) is 27.2 Å². The first-order chi connectivity index (χ1) is 11.5. The number of carbonyl (C=O) groups is 1. The van der Waals surface area contributed by atoms with Crippen molar-refractivity contribution in [3.05, 3.63) is 35.6 Å². The first-order valence-electron chi connectivity index (χ1n) is 9.12. The summed E-state index contributed by atoms with van der Waals surface area (Å²) in [5.74, 6) is 0.760. The van der Waals surface area contributed by atoms with Crippen molar-refractivity contribution >= 4 is 5.91 Å². The van der Waals surface area contributed by atoms with E-state index in [4.69, 9.17) is 0 Å². The van der Waals surface area contributed by atoms with Crippen molar-refractivity contribution in [3.63, 3.8) is 0 Å². The Morgan fingerprint density at radius 2 is 1.75 bits per heavy atom. The van der Waals surface area contributed by atoms with Gasteiger partial charge in [-0.3, -0.25) is 4.79 Å². The summed E-state index contributed by atoms with van der Waals surface area (Å²) in [5.41, 5.74) is 1.21. The van der Waals surface area contributed by atoms with E-state index in [2.05, 4.69) is 11.9 Å². The van der Waals surface area contributed by atoms with Crippen LogP contribution in [-0.4, -0.2) is 48.9 Å². The third-order valence-corrected chi connectivity index (χ3v) is 5.35. The second-order valence-electron chi connectivity index (χ2n) is 7.30. The molecule has 0 aromatic heterocycles. The van der Waals surface area contributed by atoms with Crippen molar-refractivity contribution in [1.29, 1.82) is 0 Å². The zero-order valence-corrected chi connectivity index (χ0v) is 15.3. The highest BCUT2D eigenvalue weighted by molar-refractivity contribution is 5.73. The Hall–Kier alpha value is -1.42. The highest BCUT2D eigenvalue weighted by Gasteiger charge is 2.25. The van der Waals surface area contributed by atoms with Crippen LogP contribution in [0.3, 0.4) is 0 Å². The normalized spacial score (nSPS) is 21.0. The number of aryl methyl sites for hydroxylation is 1. The Bertz CT molecular complexity index is 509. The van der Waals surface area contributed by atoms with Crippen molar-refractivity contribution in [2.24, 2.45) is 5.92 Å². The van der Waals surface area contributed by atoms with Gasteiger partial charge in [-0.05, 0) is 75.7 Å². The largest absolute Gasteiger partial charge is 0.343 e. The van der Waals surface area contributed by atoms with Gasteiger partial charge in [0.1, 0.15) is 5.82 Å². The summed E-state index contributed by atoms with van der Waals surface area (Å²) in [6, 6.07) is 7.26. The monoisotopic (exact) mass is 334 g/mol. The predicted octanol–water partition coefficient (Wildman–Crippen LogP) is 3.73. The molecule has 0 atom stereocenters. The van der Waals surface area contributed by atoms with Gasteiger partial charge in [0.15, 0.2) is 0 Å². The minimum atomic E-state index is -0.165. The molecule has 1 aromatic rings. The molecule has 0 aliphatic heterocycles. The van der Waals surface area contributed by atoms with E-state index in [1.807, 2.05) is 24.1 Å². The molecular weight excluding hydrogens is 303 g/mol. The number of amides is 1. The van der Waals surface area contributed by atoms with Crippen LogP contribution in [0.4, 0.5) is 4.39 Å².